The van der Waals surface area contributed by atoms with Crippen molar-refractivity contribution in [2.24, 2.45) is 5.73 Å². The van der Waals surface area contributed by atoms with E-state index in [-0.39, 0.29) is 6.61 Å². The summed E-state index contributed by atoms with van der Waals surface area (Å²) in [4.78, 5) is 11.6. The zero-order chi connectivity index (χ0) is 15.5. The highest BCUT2D eigenvalue weighted by Gasteiger charge is 2.37. The van der Waals surface area contributed by atoms with Gasteiger partial charge >= 0.3 is 5.97 Å². The van der Waals surface area contributed by atoms with Gasteiger partial charge in [-0.05, 0) is 31.0 Å². The fourth-order valence-electron chi connectivity index (χ4n) is 2.16. The lowest BCUT2D eigenvalue weighted by Gasteiger charge is -2.25. The van der Waals surface area contributed by atoms with Gasteiger partial charge < -0.3 is 15.6 Å². The van der Waals surface area contributed by atoms with Crippen LogP contribution in [0.5, 0.6) is 5.75 Å². The van der Waals surface area contributed by atoms with Gasteiger partial charge in [0.1, 0.15) is 12.4 Å². The van der Waals surface area contributed by atoms with Crippen molar-refractivity contribution in [1.82, 2.24) is 0 Å². The predicted molar refractivity (Wildman–Crippen MR) is 81.4 cm³/mol. The molecule has 21 heavy (non-hydrogen) atoms. The first-order valence-corrected chi connectivity index (χ1v) is 6.71. The standard InChI is InChI=1S/C17H19NO3/c1-12-8-9-15(13(2)10-12)21-11-17(18,16(19)20)14-6-4-3-5-7-14/h3-10H,11,18H2,1-2H3,(H,19,20). The van der Waals surface area contributed by atoms with Crippen LogP contribution in [0.15, 0.2) is 48.5 Å². The van der Waals surface area contributed by atoms with Crippen LogP contribution in [0, 0.1) is 13.8 Å². The van der Waals surface area contributed by atoms with Crippen molar-refractivity contribution in [3.05, 3.63) is 65.2 Å². The second kappa shape index (κ2) is 5.97. The molecule has 0 aromatic heterocycles. The van der Waals surface area contributed by atoms with E-state index in [0.29, 0.717) is 11.3 Å². The second-order valence-corrected chi connectivity index (χ2v) is 5.20. The van der Waals surface area contributed by atoms with E-state index in [1.807, 2.05) is 38.1 Å². The van der Waals surface area contributed by atoms with Crippen LogP contribution in [0.4, 0.5) is 0 Å². The minimum Gasteiger partial charge on any atom is -0.490 e. The number of aliphatic carboxylic acids is 1. The lowest BCUT2D eigenvalue weighted by Crippen LogP contribution is -2.49. The highest BCUT2D eigenvalue weighted by Crippen LogP contribution is 2.23. The Morgan fingerprint density at radius 2 is 1.86 bits per heavy atom. The number of carbonyl (C=O) groups is 1. The van der Waals surface area contributed by atoms with Gasteiger partial charge in [-0.2, -0.15) is 0 Å². The molecule has 2 aromatic carbocycles. The minimum atomic E-state index is -1.57. The molecule has 0 aliphatic heterocycles. The molecule has 0 saturated heterocycles. The van der Waals surface area contributed by atoms with Crippen LogP contribution in [-0.4, -0.2) is 17.7 Å². The zero-order valence-electron chi connectivity index (χ0n) is 12.2. The molecule has 1 unspecified atom stereocenters. The van der Waals surface area contributed by atoms with Crippen molar-refractivity contribution in [3.8, 4) is 5.75 Å². The van der Waals surface area contributed by atoms with Gasteiger partial charge in [0, 0.05) is 0 Å². The predicted octanol–water partition coefficient (Wildman–Crippen LogP) is 2.62. The van der Waals surface area contributed by atoms with Crippen molar-refractivity contribution in [2.75, 3.05) is 6.61 Å². The summed E-state index contributed by atoms with van der Waals surface area (Å²) >= 11 is 0. The van der Waals surface area contributed by atoms with Gasteiger partial charge in [-0.1, -0.05) is 48.0 Å². The molecule has 0 radical (unpaired) electrons. The Kier molecular flexibility index (Phi) is 4.29. The van der Waals surface area contributed by atoms with Gasteiger partial charge in [0.15, 0.2) is 5.54 Å². The number of nitrogens with two attached hydrogens (primary N) is 1. The van der Waals surface area contributed by atoms with E-state index in [1.165, 1.54) is 0 Å². The maximum atomic E-state index is 11.6. The van der Waals surface area contributed by atoms with E-state index in [0.717, 1.165) is 11.1 Å². The van der Waals surface area contributed by atoms with E-state index in [4.69, 9.17) is 10.5 Å². The normalized spacial score (nSPS) is 13.5. The number of ether oxygens (including phenoxy) is 1. The monoisotopic (exact) mass is 285 g/mol. The van der Waals surface area contributed by atoms with Crippen molar-refractivity contribution in [1.29, 1.82) is 0 Å². The van der Waals surface area contributed by atoms with Gasteiger partial charge in [0.05, 0.1) is 0 Å². The van der Waals surface area contributed by atoms with Crippen molar-refractivity contribution in [3.63, 3.8) is 0 Å². The summed E-state index contributed by atoms with van der Waals surface area (Å²) in [6, 6.07) is 14.5. The number of carboxylic acids is 1. The topological polar surface area (TPSA) is 72.5 Å². The fraction of sp³-hybridized carbons (Fsp3) is 0.235. The van der Waals surface area contributed by atoms with Gasteiger partial charge in [-0.15, -0.1) is 0 Å². The average molecular weight is 285 g/mol. The Balaban J connectivity index is 2.23. The number of hydrogen-bond donors (Lipinski definition) is 2. The Morgan fingerprint density at radius 1 is 1.19 bits per heavy atom. The van der Waals surface area contributed by atoms with E-state index >= 15 is 0 Å². The molecule has 0 aliphatic rings. The summed E-state index contributed by atoms with van der Waals surface area (Å²) in [6.07, 6.45) is 0. The number of benzene rings is 2. The van der Waals surface area contributed by atoms with Crippen LogP contribution in [0.25, 0.3) is 0 Å². The number of rotatable bonds is 5. The Bertz CT molecular complexity index is 640. The van der Waals surface area contributed by atoms with Crippen LogP contribution in [0.2, 0.25) is 0 Å². The molecule has 2 aromatic rings. The first kappa shape index (κ1) is 15.1. The zero-order valence-corrected chi connectivity index (χ0v) is 12.2. The summed E-state index contributed by atoms with van der Waals surface area (Å²) in [5.41, 5.74) is 7.09. The maximum absolute atomic E-state index is 11.6. The number of carboxylic acid groups (broad SMARTS) is 1. The lowest BCUT2D eigenvalue weighted by molar-refractivity contribution is -0.145. The summed E-state index contributed by atoms with van der Waals surface area (Å²) in [6.45, 7) is 3.78. The summed E-state index contributed by atoms with van der Waals surface area (Å²) in [5, 5.41) is 9.47. The summed E-state index contributed by atoms with van der Waals surface area (Å²) in [7, 11) is 0. The smallest absolute Gasteiger partial charge is 0.331 e. The Labute approximate surface area is 124 Å². The van der Waals surface area contributed by atoms with Crippen LogP contribution < -0.4 is 10.5 Å². The highest BCUT2D eigenvalue weighted by atomic mass is 16.5. The van der Waals surface area contributed by atoms with Gasteiger partial charge in [0.25, 0.3) is 0 Å². The van der Waals surface area contributed by atoms with Gasteiger partial charge in [-0.3, -0.25) is 0 Å². The third kappa shape index (κ3) is 3.23. The molecule has 0 bridgehead atoms. The molecule has 1 atom stereocenters. The molecule has 0 fully saturated rings. The van der Waals surface area contributed by atoms with Crippen LogP contribution in [0.1, 0.15) is 16.7 Å². The second-order valence-electron chi connectivity index (χ2n) is 5.20. The fourth-order valence-corrected chi connectivity index (χ4v) is 2.16. The third-order valence-electron chi connectivity index (χ3n) is 3.46. The number of aryl methyl sites for hydroxylation is 2. The first-order chi connectivity index (χ1) is 9.93. The lowest BCUT2D eigenvalue weighted by atomic mass is 9.92. The average Bonchev–Trinajstić information content (AvgIpc) is 2.46. The van der Waals surface area contributed by atoms with Crippen LogP contribution in [0.3, 0.4) is 0 Å². The van der Waals surface area contributed by atoms with E-state index in [2.05, 4.69) is 0 Å². The van der Waals surface area contributed by atoms with Crippen LogP contribution >= 0.6 is 0 Å². The summed E-state index contributed by atoms with van der Waals surface area (Å²) < 4.78 is 5.67. The van der Waals surface area contributed by atoms with Crippen molar-refractivity contribution in [2.45, 2.75) is 19.4 Å². The summed E-state index contributed by atoms with van der Waals surface area (Å²) in [5.74, 6) is -0.467. The SMILES string of the molecule is Cc1ccc(OCC(N)(C(=O)O)c2ccccc2)c(C)c1. The van der Waals surface area contributed by atoms with E-state index in [1.54, 1.807) is 24.3 Å². The largest absolute Gasteiger partial charge is 0.490 e. The molecule has 110 valence electrons. The van der Waals surface area contributed by atoms with E-state index < -0.39 is 11.5 Å². The minimum absolute atomic E-state index is 0.129. The molecular formula is C17H19NO3. The van der Waals surface area contributed by atoms with Crippen molar-refractivity contribution < 1.29 is 14.6 Å². The molecule has 4 nitrogen and oxygen atoms in total. The van der Waals surface area contributed by atoms with E-state index in [9.17, 15) is 9.90 Å². The van der Waals surface area contributed by atoms with Crippen LogP contribution in [-0.2, 0) is 10.3 Å². The molecule has 0 saturated carbocycles. The molecule has 2 rings (SSSR count). The number of hydrogen-bond acceptors (Lipinski definition) is 3. The van der Waals surface area contributed by atoms with Gasteiger partial charge in [0.2, 0.25) is 0 Å². The molecule has 3 N–H and O–H groups in total. The third-order valence-corrected chi connectivity index (χ3v) is 3.46. The first-order valence-electron chi connectivity index (χ1n) is 6.71. The van der Waals surface area contributed by atoms with Crippen molar-refractivity contribution >= 4 is 5.97 Å². The molecule has 4 heteroatoms. The molecular weight excluding hydrogens is 266 g/mol. The molecule has 0 aliphatic carbocycles. The quantitative estimate of drug-likeness (QED) is 0.885. The molecule has 0 heterocycles. The van der Waals surface area contributed by atoms with Gasteiger partial charge in [-0.25, -0.2) is 4.79 Å². The Morgan fingerprint density at radius 3 is 2.43 bits per heavy atom. The molecule has 0 amide bonds. The molecule has 0 spiro atoms. The highest BCUT2D eigenvalue weighted by molar-refractivity contribution is 5.80. The maximum Gasteiger partial charge on any atom is 0.331 e. The Hall–Kier alpha value is -2.33.